The van der Waals surface area contributed by atoms with Crippen LogP contribution in [-0.2, 0) is 11.2 Å². The Morgan fingerprint density at radius 3 is 2.50 bits per heavy atom. The number of benzene rings is 1. The molecule has 0 N–H and O–H groups in total. The van der Waals surface area contributed by atoms with E-state index in [2.05, 4.69) is 0 Å². The van der Waals surface area contributed by atoms with Gasteiger partial charge in [-0.15, -0.1) is 23.1 Å². The monoisotopic (exact) mass is 416 g/mol. The van der Waals surface area contributed by atoms with Gasteiger partial charge in [-0.1, -0.05) is 6.07 Å². The summed E-state index contributed by atoms with van der Waals surface area (Å²) in [5.41, 5.74) is 0.693. The molecule has 2 aromatic rings. The number of amides is 2. The van der Waals surface area contributed by atoms with Crippen molar-refractivity contribution < 1.29 is 14.3 Å². The van der Waals surface area contributed by atoms with E-state index in [0.717, 1.165) is 35.8 Å². The summed E-state index contributed by atoms with van der Waals surface area (Å²) in [6, 6.07) is 11.3. The van der Waals surface area contributed by atoms with Crippen LogP contribution in [0.1, 0.15) is 28.1 Å². The zero-order valence-electron chi connectivity index (χ0n) is 15.9. The van der Waals surface area contributed by atoms with Gasteiger partial charge in [-0.3, -0.25) is 9.59 Å². The average molecular weight is 417 g/mol. The number of ether oxygens (including phenoxy) is 1. The molecule has 2 amide bonds. The van der Waals surface area contributed by atoms with E-state index in [1.807, 2.05) is 63.3 Å². The highest BCUT2D eigenvalue weighted by Crippen LogP contribution is 2.44. The molecule has 0 saturated carbocycles. The zero-order valence-corrected chi connectivity index (χ0v) is 17.6. The van der Waals surface area contributed by atoms with Gasteiger partial charge < -0.3 is 14.5 Å². The second kappa shape index (κ2) is 8.17. The zero-order chi connectivity index (χ0) is 19.6. The molecule has 3 heterocycles. The lowest BCUT2D eigenvalue weighted by Crippen LogP contribution is -2.53. The van der Waals surface area contributed by atoms with Gasteiger partial charge in [0, 0.05) is 35.8 Å². The van der Waals surface area contributed by atoms with Crippen LogP contribution in [0.25, 0.3) is 0 Å². The summed E-state index contributed by atoms with van der Waals surface area (Å²) >= 11 is 3.49. The molecule has 0 atom stereocenters. The fourth-order valence-corrected chi connectivity index (χ4v) is 6.13. The number of carbonyl (C=O) groups is 2. The molecule has 1 spiro atoms. The fraction of sp³-hybridized carbons (Fsp3) is 0.429. The first-order valence-corrected chi connectivity index (χ1v) is 11.4. The Kier molecular flexibility index (Phi) is 5.64. The van der Waals surface area contributed by atoms with E-state index in [1.165, 1.54) is 0 Å². The molecule has 2 fully saturated rings. The van der Waals surface area contributed by atoms with Gasteiger partial charge in [-0.05, 0) is 48.6 Å². The normalized spacial score (nSPS) is 18.5. The minimum atomic E-state index is -0.184. The summed E-state index contributed by atoms with van der Waals surface area (Å²) in [5, 5.41) is 2.01. The van der Waals surface area contributed by atoms with Crippen molar-refractivity contribution in [1.29, 1.82) is 0 Å². The van der Waals surface area contributed by atoms with Crippen LogP contribution in [0.15, 0.2) is 41.8 Å². The maximum Gasteiger partial charge on any atom is 0.255 e. The Labute approximate surface area is 173 Å². The van der Waals surface area contributed by atoms with Gasteiger partial charge in [0.15, 0.2) is 0 Å². The first kappa shape index (κ1) is 19.3. The summed E-state index contributed by atoms with van der Waals surface area (Å²) in [6.45, 7) is 2.19. The van der Waals surface area contributed by atoms with Gasteiger partial charge in [0.1, 0.15) is 5.75 Å². The van der Waals surface area contributed by atoms with Crippen LogP contribution in [0.4, 0.5) is 0 Å². The molecule has 2 saturated heterocycles. The van der Waals surface area contributed by atoms with Crippen molar-refractivity contribution in [1.82, 2.24) is 9.80 Å². The third-order valence-corrected chi connectivity index (χ3v) is 7.99. The second-order valence-electron chi connectivity index (χ2n) is 7.12. The van der Waals surface area contributed by atoms with Crippen LogP contribution >= 0.6 is 23.1 Å². The van der Waals surface area contributed by atoms with E-state index >= 15 is 0 Å². The van der Waals surface area contributed by atoms with Crippen molar-refractivity contribution in [3.8, 4) is 5.75 Å². The number of rotatable bonds is 4. The predicted molar refractivity (Wildman–Crippen MR) is 113 cm³/mol. The Morgan fingerprint density at radius 1 is 1.11 bits per heavy atom. The SMILES string of the molecule is COc1ccc(C(=O)N2CCSC23CCN(C(=O)Cc2cccs2)CC3)cc1. The molecule has 0 aliphatic carbocycles. The predicted octanol–water partition coefficient (Wildman–Crippen LogP) is 3.51. The van der Waals surface area contributed by atoms with Crippen LogP contribution < -0.4 is 4.74 Å². The Morgan fingerprint density at radius 2 is 1.86 bits per heavy atom. The van der Waals surface area contributed by atoms with E-state index in [9.17, 15) is 9.59 Å². The fourth-order valence-electron chi connectivity index (χ4n) is 3.98. The first-order chi connectivity index (χ1) is 13.6. The standard InChI is InChI=1S/C21H24N2O3S2/c1-26-17-6-4-16(5-7-17)20(25)23-12-14-28-21(23)8-10-22(11-9-21)19(24)15-18-3-2-13-27-18/h2-7,13H,8-12,14-15H2,1H3. The van der Waals surface area contributed by atoms with E-state index < -0.39 is 0 Å². The molecule has 28 heavy (non-hydrogen) atoms. The quantitative estimate of drug-likeness (QED) is 0.765. The largest absolute Gasteiger partial charge is 0.497 e. The molecule has 0 bridgehead atoms. The van der Waals surface area contributed by atoms with Crippen LogP contribution in [0.5, 0.6) is 5.75 Å². The number of nitrogens with zero attached hydrogens (tertiary/aromatic N) is 2. The van der Waals surface area contributed by atoms with E-state index in [1.54, 1.807) is 18.4 Å². The number of methoxy groups -OCH3 is 1. The molecule has 4 rings (SSSR count). The molecule has 2 aliphatic rings. The molecule has 2 aliphatic heterocycles. The maximum absolute atomic E-state index is 13.1. The van der Waals surface area contributed by atoms with E-state index in [0.29, 0.717) is 25.1 Å². The van der Waals surface area contributed by atoms with Crippen molar-refractivity contribution in [3.05, 3.63) is 52.2 Å². The van der Waals surface area contributed by atoms with Crippen LogP contribution in [-0.4, -0.2) is 59.0 Å². The minimum Gasteiger partial charge on any atom is -0.497 e. The van der Waals surface area contributed by atoms with Crippen molar-refractivity contribution in [3.63, 3.8) is 0 Å². The minimum absolute atomic E-state index is 0.0750. The molecule has 0 radical (unpaired) electrons. The number of thioether (sulfide) groups is 1. The number of hydrogen-bond acceptors (Lipinski definition) is 5. The third-order valence-electron chi connectivity index (χ3n) is 5.56. The second-order valence-corrected chi connectivity index (χ2v) is 9.61. The summed E-state index contributed by atoms with van der Waals surface area (Å²) < 4.78 is 5.19. The number of likely N-dealkylation sites (tertiary alicyclic amines) is 1. The van der Waals surface area contributed by atoms with Crippen LogP contribution in [0.3, 0.4) is 0 Å². The summed E-state index contributed by atoms with van der Waals surface area (Å²) in [7, 11) is 1.62. The van der Waals surface area contributed by atoms with E-state index in [-0.39, 0.29) is 16.7 Å². The summed E-state index contributed by atoms with van der Waals surface area (Å²) in [5.74, 6) is 1.96. The maximum atomic E-state index is 13.1. The Bertz CT molecular complexity index is 828. The Hall–Kier alpha value is -1.99. The molecule has 148 valence electrons. The van der Waals surface area contributed by atoms with Gasteiger partial charge in [0.2, 0.25) is 5.91 Å². The van der Waals surface area contributed by atoms with Gasteiger partial charge in [0.05, 0.1) is 18.4 Å². The van der Waals surface area contributed by atoms with Gasteiger partial charge >= 0.3 is 0 Å². The summed E-state index contributed by atoms with van der Waals surface area (Å²) in [4.78, 5) is 30.6. The molecule has 7 heteroatoms. The molecule has 1 aromatic carbocycles. The summed E-state index contributed by atoms with van der Waals surface area (Å²) in [6.07, 6.45) is 2.14. The molecule has 1 aromatic heterocycles. The topological polar surface area (TPSA) is 49.9 Å². The lowest BCUT2D eigenvalue weighted by Gasteiger charge is -2.44. The molecular weight excluding hydrogens is 392 g/mol. The average Bonchev–Trinajstić information content (AvgIpc) is 3.38. The number of thiophene rings is 1. The lowest BCUT2D eigenvalue weighted by atomic mass is 10.0. The van der Waals surface area contributed by atoms with Gasteiger partial charge in [-0.25, -0.2) is 0 Å². The van der Waals surface area contributed by atoms with Crippen molar-refractivity contribution >= 4 is 34.9 Å². The number of carbonyl (C=O) groups excluding carboxylic acids is 2. The molecular formula is C21H24N2O3S2. The number of piperidine rings is 1. The smallest absolute Gasteiger partial charge is 0.255 e. The third kappa shape index (κ3) is 3.78. The van der Waals surface area contributed by atoms with Crippen molar-refractivity contribution in [2.24, 2.45) is 0 Å². The van der Waals surface area contributed by atoms with Crippen molar-refractivity contribution in [2.45, 2.75) is 24.1 Å². The molecule has 0 unspecified atom stereocenters. The molecule has 5 nitrogen and oxygen atoms in total. The van der Waals surface area contributed by atoms with E-state index in [4.69, 9.17) is 4.74 Å². The highest BCUT2D eigenvalue weighted by molar-refractivity contribution is 8.00. The van der Waals surface area contributed by atoms with Crippen molar-refractivity contribution in [2.75, 3.05) is 32.5 Å². The lowest BCUT2D eigenvalue weighted by molar-refractivity contribution is -0.132. The van der Waals surface area contributed by atoms with Gasteiger partial charge in [-0.2, -0.15) is 0 Å². The van der Waals surface area contributed by atoms with Crippen LogP contribution in [0, 0.1) is 0 Å². The number of hydrogen-bond donors (Lipinski definition) is 0. The van der Waals surface area contributed by atoms with Gasteiger partial charge in [0.25, 0.3) is 5.91 Å². The highest BCUT2D eigenvalue weighted by atomic mass is 32.2. The Balaban J connectivity index is 1.41. The first-order valence-electron chi connectivity index (χ1n) is 9.51. The van der Waals surface area contributed by atoms with Crippen LogP contribution in [0.2, 0.25) is 0 Å². The highest BCUT2D eigenvalue weighted by Gasteiger charge is 2.47.